The fourth-order valence-electron chi connectivity index (χ4n) is 1.55. The van der Waals surface area contributed by atoms with Gasteiger partial charge in [-0.05, 0) is 12.1 Å². The van der Waals surface area contributed by atoms with Crippen LogP contribution in [0.25, 0.3) is 0 Å². The summed E-state index contributed by atoms with van der Waals surface area (Å²) in [4.78, 5) is 8.09. The van der Waals surface area contributed by atoms with Crippen LogP contribution in [0.15, 0.2) is 47.9 Å². The molecule has 2 rings (SSSR count). The van der Waals surface area contributed by atoms with Gasteiger partial charge in [0.15, 0.2) is 9.84 Å². The highest BCUT2D eigenvalue weighted by molar-refractivity contribution is 7.90. The Morgan fingerprint density at radius 3 is 2.50 bits per heavy atom. The van der Waals surface area contributed by atoms with E-state index >= 15 is 0 Å². The van der Waals surface area contributed by atoms with E-state index in [0.717, 1.165) is 5.56 Å². The number of hydrogen-bond acceptors (Lipinski definition) is 5. The summed E-state index contributed by atoms with van der Waals surface area (Å²) in [5, 5.41) is 3.08. The molecule has 0 fully saturated rings. The molecule has 0 bridgehead atoms. The number of anilines is 1. The van der Waals surface area contributed by atoms with Crippen LogP contribution in [0.5, 0.6) is 0 Å². The Bertz CT molecular complexity index is 627. The Balaban J connectivity index is 2.20. The van der Waals surface area contributed by atoms with Crippen LogP contribution in [-0.4, -0.2) is 24.6 Å². The minimum absolute atomic E-state index is 0.293. The first kappa shape index (κ1) is 12.5. The van der Waals surface area contributed by atoms with E-state index in [9.17, 15) is 8.42 Å². The van der Waals surface area contributed by atoms with Crippen molar-refractivity contribution >= 4 is 15.5 Å². The molecule has 18 heavy (non-hydrogen) atoms. The van der Waals surface area contributed by atoms with Crippen molar-refractivity contribution < 1.29 is 8.42 Å². The molecule has 0 atom stereocenters. The number of para-hydroxylation sites is 1. The lowest BCUT2D eigenvalue weighted by Crippen LogP contribution is -2.06. The van der Waals surface area contributed by atoms with Crippen LogP contribution in [0.2, 0.25) is 0 Å². The molecule has 1 aromatic carbocycles. The van der Waals surface area contributed by atoms with Gasteiger partial charge in [-0.1, -0.05) is 12.1 Å². The molecule has 5 nitrogen and oxygen atoms in total. The van der Waals surface area contributed by atoms with Gasteiger partial charge in [0.05, 0.1) is 10.6 Å². The Hall–Kier alpha value is -1.95. The normalized spacial score (nSPS) is 11.2. The van der Waals surface area contributed by atoms with Gasteiger partial charge in [-0.25, -0.2) is 18.4 Å². The fraction of sp³-hybridized carbons (Fsp3) is 0.167. The molecule has 1 N–H and O–H groups in total. The van der Waals surface area contributed by atoms with Crippen molar-refractivity contribution in [2.45, 2.75) is 11.4 Å². The maximum atomic E-state index is 11.6. The molecule has 0 spiro atoms. The molecule has 1 heterocycles. The highest BCUT2D eigenvalue weighted by Crippen LogP contribution is 2.20. The van der Waals surface area contributed by atoms with Crippen LogP contribution in [0.4, 0.5) is 5.69 Å². The van der Waals surface area contributed by atoms with E-state index in [1.807, 2.05) is 0 Å². The van der Waals surface area contributed by atoms with Gasteiger partial charge < -0.3 is 5.32 Å². The van der Waals surface area contributed by atoms with Crippen LogP contribution < -0.4 is 5.32 Å². The first-order valence-corrected chi connectivity index (χ1v) is 7.23. The molecule has 0 saturated carbocycles. The third kappa shape index (κ3) is 3.04. The predicted molar refractivity (Wildman–Crippen MR) is 68.9 cm³/mol. The number of rotatable bonds is 4. The first-order chi connectivity index (χ1) is 8.57. The van der Waals surface area contributed by atoms with Crippen molar-refractivity contribution in [2.75, 3.05) is 11.6 Å². The molecule has 0 aliphatic heterocycles. The number of nitrogens with one attached hydrogen (secondary N) is 1. The molecule has 2 aromatic rings. The van der Waals surface area contributed by atoms with Crippen molar-refractivity contribution in [3.05, 3.63) is 48.5 Å². The van der Waals surface area contributed by atoms with Gasteiger partial charge in [0.1, 0.15) is 6.33 Å². The van der Waals surface area contributed by atoms with Gasteiger partial charge >= 0.3 is 0 Å². The maximum absolute atomic E-state index is 11.6. The molecule has 0 unspecified atom stereocenters. The zero-order valence-electron chi connectivity index (χ0n) is 9.87. The van der Waals surface area contributed by atoms with Crippen molar-refractivity contribution in [1.29, 1.82) is 0 Å². The van der Waals surface area contributed by atoms with Crippen molar-refractivity contribution in [3.63, 3.8) is 0 Å². The Kier molecular flexibility index (Phi) is 3.57. The summed E-state index contributed by atoms with van der Waals surface area (Å²) in [6, 6.07) is 6.81. The van der Waals surface area contributed by atoms with Gasteiger partial charge in [-0.3, -0.25) is 0 Å². The summed E-state index contributed by atoms with van der Waals surface area (Å²) in [7, 11) is -3.23. The van der Waals surface area contributed by atoms with Crippen molar-refractivity contribution in [1.82, 2.24) is 9.97 Å². The highest BCUT2D eigenvalue weighted by atomic mass is 32.2. The average Bonchev–Trinajstić information content (AvgIpc) is 2.37. The number of hydrogen-bond donors (Lipinski definition) is 1. The zero-order chi connectivity index (χ0) is 13.0. The lowest BCUT2D eigenvalue weighted by Gasteiger charge is -2.10. The van der Waals surface area contributed by atoms with Crippen LogP contribution in [0.1, 0.15) is 5.56 Å². The minimum Gasteiger partial charge on any atom is -0.380 e. The maximum Gasteiger partial charge on any atom is 0.177 e. The largest absolute Gasteiger partial charge is 0.380 e. The second-order valence-electron chi connectivity index (χ2n) is 3.87. The third-order valence-electron chi connectivity index (χ3n) is 2.38. The summed E-state index contributed by atoms with van der Waals surface area (Å²) >= 11 is 0. The van der Waals surface area contributed by atoms with E-state index in [2.05, 4.69) is 15.3 Å². The second-order valence-corrected chi connectivity index (χ2v) is 5.85. The first-order valence-electron chi connectivity index (χ1n) is 5.34. The van der Waals surface area contributed by atoms with E-state index < -0.39 is 9.84 Å². The van der Waals surface area contributed by atoms with Crippen LogP contribution in [0, 0.1) is 0 Å². The molecular weight excluding hydrogens is 250 g/mol. The lowest BCUT2D eigenvalue weighted by molar-refractivity contribution is 0.602. The number of benzene rings is 1. The third-order valence-corrected chi connectivity index (χ3v) is 3.54. The van der Waals surface area contributed by atoms with Gasteiger partial charge in [0, 0.05) is 30.8 Å². The summed E-state index contributed by atoms with van der Waals surface area (Å²) in [5.41, 5.74) is 1.48. The van der Waals surface area contributed by atoms with E-state index in [1.165, 1.54) is 12.6 Å². The van der Waals surface area contributed by atoms with Crippen molar-refractivity contribution in [2.24, 2.45) is 0 Å². The van der Waals surface area contributed by atoms with Gasteiger partial charge in [-0.2, -0.15) is 0 Å². The number of aromatic nitrogens is 2. The Labute approximate surface area is 106 Å². The van der Waals surface area contributed by atoms with Gasteiger partial charge in [-0.15, -0.1) is 0 Å². The van der Waals surface area contributed by atoms with Gasteiger partial charge in [0.2, 0.25) is 0 Å². The summed E-state index contributed by atoms with van der Waals surface area (Å²) in [6.07, 6.45) is 6.01. The minimum atomic E-state index is -3.23. The lowest BCUT2D eigenvalue weighted by atomic mass is 10.3. The SMILES string of the molecule is CS(=O)(=O)c1ccccc1NCc1cncnc1. The topological polar surface area (TPSA) is 72.0 Å². The summed E-state index contributed by atoms with van der Waals surface area (Å²) < 4.78 is 23.2. The molecule has 0 radical (unpaired) electrons. The van der Waals surface area contributed by atoms with Crippen LogP contribution in [-0.2, 0) is 16.4 Å². The fourth-order valence-corrected chi connectivity index (χ4v) is 2.42. The van der Waals surface area contributed by atoms with Gasteiger partial charge in [0.25, 0.3) is 0 Å². The van der Waals surface area contributed by atoms with Crippen molar-refractivity contribution in [3.8, 4) is 0 Å². The zero-order valence-corrected chi connectivity index (χ0v) is 10.7. The standard InChI is InChI=1S/C12H13N3O2S/c1-18(16,17)12-5-3-2-4-11(12)15-8-10-6-13-9-14-7-10/h2-7,9,15H,8H2,1H3. The molecule has 1 aromatic heterocycles. The molecule has 6 heteroatoms. The average molecular weight is 263 g/mol. The summed E-state index contributed by atoms with van der Waals surface area (Å²) in [6.45, 7) is 0.480. The van der Waals surface area contributed by atoms with E-state index in [4.69, 9.17) is 0 Å². The van der Waals surface area contributed by atoms with Crippen LogP contribution in [0.3, 0.4) is 0 Å². The summed E-state index contributed by atoms with van der Waals surface area (Å²) in [5.74, 6) is 0. The highest BCUT2D eigenvalue weighted by Gasteiger charge is 2.11. The number of sulfone groups is 1. The number of nitrogens with zero attached hydrogens (tertiary/aromatic N) is 2. The quantitative estimate of drug-likeness (QED) is 0.905. The van der Waals surface area contributed by atoms with E-state index in [0.29, 0.717) is 17.1 Å². The Morgan fingerprint density at radius 1 is 1.17 bits per heavy atom. The van der Waals surface area contributed by atoms with E-state index in [-0.39, 0.29) is 0 Å². The monoisotopic (exact) mass is 263 g/mol. The van der Waals surface area contributed by atoms with Crippen LogP contribution >= 0.6 is 0 Å². The Morgan fingerprint density at radius 2 is 1.83 bits per heavy atom. The molecule has 0 aliphatic carbocycles. The smallest absolute Gasteiger partial charge is 0.177 e. The molecule has 94 valence electrons. The predicted octanol–water partition coefficient (Wildman–Crippen LogP) is 1.49. The van der Waals surface area contributed by atoms with E-state index in [1.54, 1.807) is 36.7 Å². The molecule has 0 saturated heterocycles. The second kappa shape index (κ2) is 5.14. The molecule has 0 aliphatic rings. The molecule has 0 amide bonds. The molecular formula is C12H13N3O2S.